The molecule has 2 rings (SSSR count). The lowest BCUT2D eigenvalue weighted by Gasteiger charge is -2.15. The van der Waals surface area contributed by atoms with Crippen molar-refractivity contribution in [3.63, 3.8) is 0 Å². The van der Waals surface area contributed by atoms with E-state index < -0.39 is 17.2 Å². The molecule has 12 heteroatoms. The topological polar surface area (TPSA) is 151 Å². The first-order valence-corrected chi connectivity index (χ1v) is 10.0. The molecule has 0 fully saturated rings. The molecule has 1 heterocycles. The monoisotopic (exact) mass is 452 g/mol. The van der Waals surface area contributed by atoms with Gasteiger partial charge in [-0.15, -0.1) is 5.10 Å². The average Bonchev–Trinajstić information content (AvgIpc) is 2.69. The lowest BCUT2D eigenvalue weighted by Crippen LogP contribution is -2.28. The molecular formula is C19H25ClN6O5. The van der Waals surface area contributed by atoms with Gasteiger partial charge in [-0.3, -0.25) is 14.6 Å². The number of carbonyl (C=O) groups is 1. The maximum Gasteiger partial charge on any atom is 0.342 e. The minimum Gasteiger partial charge on any atom is -0.490 e. The smallest absolute Gasteiger partial charge is 0.342 e. The molecule has 2 aromatic rings. The van der Waals surface area contributed by atoms with Crippen LogP contribution in [0.15, 0.2) is 26.8 Å². The lowest BCUT2D eigenvalue weighted by molar-refractivity contribution is -0.120. The van der Waals surface area contributed by atoms with E-state index >= 15 is 0 Å². The molecule has 11 nitrogen and oxygen atoms in total. The molecule has 0 saturated heterocycles. The number of rotatable bonds is 11. The molecule has 4 N–H and O–H groups in total. The number of ether oxygens (including phenoxy) is 2. The third-order valence-electron chi connectivity index (χ3n) is 3.65. The third kappa shape index (κ3) is 7.78. The highest BCUT2D eigenvalue weighted by Gasteiger charge is 2.13. The normalized spacial score (nSPS) is 11.0. The van der Waals surface area contributed by atoms with Crippen LogP contribution in [0, 0.1) is 5.92 Å². The molecule has 0 spiro atoms. The lowest BCUT2D eigenvalue weighted by atomic mass is 10.2. The Morgan fingerprint density at radius 3 is 2.77 bits per heavy atom. The summed E-state index contributed by atoms with van der Waals surface area (Å²) in [5, 5.41) is 12.6. The van der Waals surface area contributed by atoms with Crippen molar-refractivity contribution in [1.29, 1.82) is 0 Å². The Kier molecular flexibility index (Phi) is 9.07. The molecule has 0 saturated carbocycles. The zero-order valence-electron chi connectivity index (χ0n) is 17.5. The van der Waals surface area contributed by atoms with Crippen molar-refractivity contribution in [1.82, 2.24) is 20.6 Å². The molecule has 0 radical (unpaired) electrons. The zero-order chi connectivity index (χ0) is 22.8. The summed E-state index contributed by atoms with van der Waals surface area (Å²) in [6.45, 7) is 6.96. The fraction of sp³-hybridized carbons (Fsp3) is 0.421. The number of nitrogens with one attached hydrogen (secondary N) is 4. The van der Waals surface area contributed by atoms with Gasteiger partial charge in [-0.05, 0) is 30.5 Å². The Morgan fingerprint density at radius 2 is 2.10 bits per heavy atom. The predicted octanol–water partition coefficient (Wildman–Crippen LogP) is 1.50. The first-order chi connectivity index (χ1) is 14.8. The number of nitrogens with zero attached hydrogens (tertiary/aromatic N) is 2. The standard InChI is InChI=1S/C19H25ClN6O5/c1-4-30-14-8-12(7-13(20)16(14)31-10-11(2)3)9-22-24-15(27)5-6-21-17-18(28)23-19(29)26-25-17/h7-9,11H,4-6,10H2,1-3H3,(H,21,25)(H,24,27)(H2,23,26,28,29)/b22-9+. The molecule has 0 bridgehead atoms. The number of anilines is 1. The number of aromatic amines is 2. The van der Waals surface area contributed by atoms with Crippen molar-refractivity contribution < 1.29 is 14.3 Å². The van der Waals surface area contributed by atoms with E-state index in [2.05, 4.69) is 26.0 Å². The molecule has 0 aliphatic carbocycles. The van der Waals surface area contributed by atoms with Gasteiger partial charge in [0, 0.05) is 13.0 Å². The third-order valence-corrected chi connectivity index (χ3v) is 3.93. The Bertz CT molecular complexity index is 1030. The van der Waals surface area contributed by atoms with Crippen LogP contribution in [0.1, 0.15) is 32.8 Å². The van der Waals surface area contributed by atoms with E-state index in [1.54, 1.807) is 12.1 Å². The summed E-state index contributed by atoms with van der Waals surface area (Å²) >= 11 is 6.33. The van der Waals surface area contributed by atoms with Gasteiger partial charge in [0.15, 0.2) is 11.5 Å². The van der Waals surface area contributed by atoms with E-state index in [0.717, 1.165) is 0 Å². The van der Waals surface area contributed by atoms with Crippen LogP contribution in [0.2, 0.25) is 5.02 Å². The second-order valence-electron chi connectivity index (χ2n) is 6.79. The molecule has 1 aromatic carbocycles. The fourth-order valence-electron chi connectivity index (χ4n) is 2.31. The van der Waals surface area contributed by atoms with Gasteiger partial charge in [-0.1, -0.05) is 25.4 Å². The highest BCUT2D eigenvalue weighted by molar-refractivity contribution is 6.32. The van der Waals surface area contributed by atoms with Gasteiger partial charge < -0.3 is 14.8 Å². The molecule has 0 unspecified atom stereocenters. The molecule has 0 aliphatic heterocycles. The van der Waals surface area contributed by atoms with E-state index in [4.69, 9.17) is 21.1 Å². The molecular weight excluding hydrogens is 428 g/mol. The second-order valence-corrected chi connectivity index (χ2v) is 7.20. The molecule has 1 amide bonds. The quantitative estimate of drug-likeness (QED) is 0.298. The summed E-state index contributed by atoms with van der Waals surface area (Å²) in [4.78, 5) is 36.3. The van der Waals surface area contributed by atoms with E-state index in [1.165, 1.54) is 6.21 Å². The van der Waals surface area contributed by atoms with Crippen molar-refractivity contribution in [3.8, 4) is 11.5 Å². The molecule has 168 valence electrons. The van der Waals surface area contributed by atoms with Crippen LogP contribution in [-0.4, -0.2) is 47.1 Å². The van der Waals surface area contributed by atoms with Gasteiger partial charge in [0.1, 0.15) is 0 Å². The number of aromatic nitrogens is 3. The van der Waals surface area contributed by atoms with Gasteiger partial charge >= 0.3 is 5.69 Å². The predicted molar refractivity (Wildman–Crippen MR) is 117 cm³/mol. The van der Waals surface area contributed by atoms with Gasteiger partial charge in [0.25, 0.3) is 5.56 Å². The largest absolute Gasteiger partial charge is 0.490 e. The number of carbonyl (C=O) groups excluding carboxylic acids is 1. The SMILES string of the molecule is CCOc1cc(/C=N/NC(=O)CCNc2n[nH]c(=O)[nH]c2=O)cc(Cl)c1OCC(C)C. The van der Waals surface area contributed by atoms with Gasteiger partial charge in [-0.25, -0.2) is 15.3 Å². The van der Waals surface area contributed by atoms with Crippen molar-refractivity contribution in [2.75, 3.05) is 25.1 Å². The Balaban J connectivity index is 1.92. The maximum atomic E-state index is 11.9. The van der Waals surface area contributed by atoms with Crippen LogP contribution in [0.4, 0.5) is 5.82 Å². The number of halogens is 1. The van der Waals surface area contributed by atoms with E-state index in [1.807, 2.05) is 25.8 Å². The van der Waals surface area contributed by atoms with Gasteiger partial charge in [0.05, 0.1) is 24.5 Å². The van der Waals surface area contributed by atoms with Gasteiger partial charge in [0.2, 0.25) is 11.7 Å². The average molecular weight is 453 g/mol. The number of benzene rings is 1. The number of amides is 1. The van der Waals surface area contributed by atoms with Crippen LogP contribution < -0.4 is 31.5 Å². The second kappa shape index (κ2) is 11.7. The highest BCUT2D eigenvalue weighted by Crippen LogP contribution is 2.36. The van der Waals surface area contributed by atoms with Crippen molar-refractivity contribution in [2.24, 2.45) is 11.0 Å². The number of hydrogen-bond acceptors (Lipinski definition) is 8. The minimum atomic E-state index is -0.713. The number of hydrogen-bond donors (Lipinski definition) is 4. The Labute approximate surface area is 183 Å². The van der Waals surface area contributed by atoms with Crippen LogP contribution >= 0.6 is 11.6 Å². The Morgan fingerprint density at radius 1 is 1.32 bits per heavy atom. The van der Waals surface area contributed by atoms with Crippen LogP contribution in [0.5, 0.6) is 11.5 Å². The maximum absolute atomic E-state index is 11.9. The summed E-state index contributed by atoms with van der Waals surface area (Å²) in [5.41, 5.74) is 1.61. The summed E-state index contributed by atoms with van der Waals surface area (Å²) in [5.74, 6) is 0.808. The van der Waals surface area contributed by atoms with E-state index in [9.17, 15) is 14.4 Å². The first-order valence-electron chi connectivity index (χ1n) is 9.64. The van der Waals surface area contributed by atoms with Crippen LogP contribution in [-0.2, 0) is 4.79 Å². The highest BCUT2D eigenvalue weighted by atomic mass is 35.5. The summed E-state index contributed by atoms with van der Waals surface area (Å²) in [6.07, 6.45) is 1.45. The van der Waals surface area contributed by atoms with Crippen LogP contribution in [0.3, 0.4) is 0 Å². The van der Waals surface area contributed by atoms with Gasteiger partial charge in [-0.2, -0.15) is 5.10 Å². The van der Waals surface area contributed by atoms with Crippen LogP contribution in [0.25, 0.3) is 0 Å². The van der Waals surface area contributed by atoms with Crippen molar-refractivity contribution in [2.45, 2.75) is 27.2 Å². The Hall–Kier alpha value is -3.34. The fourth-order valence-corrected chi connectivity index (χ4v) is 2.59. The van der Waals surface area contributed by atoms with E-state index in [0.29, 0.717) is 41.2 Å². The molecule has 0 atom stereocenters. The minimum absolute atomic E-state index is 0.0184. The zero-order valence-corrected chi connectivity index (χ0v) is 18.2. The number of H-pyrrole nitrogens is 2. The molecule has 1 aromatic heterocycles. The first kappa shape index (κ1) is 23.9. The number of hydrazone groups is 1. The van der Waals surface area contributed by atoms with E-state index in [-0.39, 0.29) is 18.8 Å². The summed E-state index contributed by atoms with van der Waals surface area (Å²) in [6, 6.07) is 3.38. The summed E-state index contributed by atoms with van der Waals surface area (Å²) in [7, 11) is 0. The molecule has 31 heavy (non-hydrogen) atoms. The van der Waals surface area contributed by atoms with Crippen molar-refractivity contribution >= 4 is 29.5 Å². The van der Waals surface area contributed by atoms with Crippen molar-refractivity contribution in [3.05, 3.63) is 43.6 Å². The summed E-state index contributed by atoms with van der Waals surface area (Å²) < 4.78 is 11.4. The molecule has 0 aliphatic rings.